The van der Waals surface area contributed by atoms with Gasteiger partial charge < -0.3 is 10.2 Å². The van der Waals surface area contributed by atoms with Gasteiger partial charge in [-0.25, -0.2) is 0 Å². The molecule has 132 valence electrons. The summed E-state index contributed by atoms with van der Waals surface area (Å²) in [5.74, 6) is 0.312. The molecule has 22 heavy (non-hydrogen) atoms. The van der Waals surface area contributed by atoms with Crippen LogP contribution in [0, 0.1) is 0 Å². The van der Waals surface area contributed by atoms with Crippen molar-refractivity contribution in [3.05, 3.63) is 0 Å². The van der Waals surface area contributed by atoms with Crippen molar-refractivity contribution in [2.24, 2.45) is 0 Å². The van der Waals surface area contributed by atoms with E-state index in [9.17, 15) is 4.79 Å². The highest BCUT2D eigenvalue weighted by Crippen LogP contribution is 2.12. The Morgan fingerprint density at radius 3 is 1.82 bits per heavy atom. The van der Waals surface area contributed by atoms with E-state index in [0.717, 1.165) is 32.4 Å². The van der Waals surface area contributed by atoms with Gasteiger partial charge in [0.2, 0.25) is 5.91 Å². The topological polar surface area (TPSA) is 32.3 Å². The van der Waals surface area contributed by atoms with Crippen molar-refractivity contribution in [3.63, 3.8) is 0 Å². The SMILES string of the molecule is CCCCCCCCCCCCCC(=O)N(C)CCCNC. The Morgan fingerprint density at radius 2 is 1.32 bits per heavy atom. The largest absolute Gasteiger partial charge is 0.346 e. The van der Waals surface area contributed by atoms with E-state index in [0.29, 0.717) is 5.91 Å². The van der Waals surface area contributed by atoms with Gasteiger partial charge >= 0.3 is 0 Å². The molecule has 0 aromatic carbocycles. The van der Waals surface area contributed by atoms with Gasteiger partial charge in [0.25, 0.3) is 0 Å². The van der Waals surface area contributed by atoms with Crippen molar-refractivity contribution in [2.75, 3.05) is 27.2 Å². The lowest BCUT2D eigenvalue weighted by atomic mass is 10.1. The molecule has 1 N–H and O–H groups in total. The molecule has 0 aromatic rings. The summed E-state index contributed by atoms with van der Waals surface area (Å²) in [5, 5.41) is 3.11. The predicted molar refractivity (Wildman–Crippen MR) is 97.3 cm³/mol. The van der Waals surface area contributed by atoms with Crippen LogP contribution in [0.4, 0.5) is 0 Å². The molecule has 0 spiro atoms. The Kier molecular flexibility index (Phi) is 16.4. The molecule has 1 amide bonds. The zero-order chi connectivity index (χ0) is 16.5. The summed E-state index contributed by atoms with van der Waals surface area (Å²) in [4.78, 5) is 13.8. The van der Waals surface area contributed by atoms with Gasteiger partial charge in [-0.3, -0.25) is 4.79 Å². The monoisotopic (exact) mass is 312 g/mol. The first kappa shape index (κ1) is 21.4. The number of carbonyl (C=O) groups excluding carboxylic acids is 1. The van der Waals surface area contributed by atoms with Crippen molar-refractivity contribution >= 4 is 5.91 Å². The summed E-state index contributed by atoms with van der Waals surface area (Å²) in [6.45, 7) is 4.12. The van der Waals surface area contributed by atoms with Crippen molar-refractivity contribution in [1.29, 1.82) is 0 Å². The zero-order valence-corrected chi connectivity index (χ0v) is 15.5. The van der Waals surface area contributed by atoms with Gasteiger partial charge in [0.15, 0.2) is 0 Å². The molecule has 0 aliphatic heterocycles. The standard InChI is InChI=1S/C19H40N2O/c1-4-5-6-7-8-9-10-11-12-13-14-16-19(22)21(3)18-15-17-20-2/h20H,4-18H2,1-3H3. The second-order valence-electron chi connectivity index (χ2n) is 6.56. The summed E-state index contributed by atoms with van der Waals surface area (Å²) in [7, 11) is 3.88. The number of unbranched alkanes of at least 4 members (excludes halogenated alkanes) is 10. The maximum atomic E-state index is 11.9. The van der Waals surface area contributed by atoms with E-state index in [4.69, 9.17) is 0 Å². The molecule has 0 unspecified atom stereocenters. The second kappa shape index (κ2) is 16.8. The molecule has 0 fully saturated rings. The van der Waals surface area contributed by atoms with Crippen molar-refractivity contribution in [1.82, 2.24) is 10.2 Å². The Labute approximate surface area is 139 Å². The fraction of sp³-hybridized carbons (Fsp3) is 0.947. The first-order valence-electron chi connectivity index (χ1n) is 9.61. The summed E-state index contributed by atoms with van der Waals surface area (Å²) >= 11 is 0. The highest BCUT2D eigenvalue weighted by atomic mass is 16.2. The number of hydrogen-bond donors (Lipinski definition) is 1. The van der Waals surface area contributed by atoms with Crippen molar-refractivity contribution in [3.8, 4) is 0 Å². The molecule has 3 nitrogen and oxygen atoms in total. The van der Waals surface area contributed by atoms with Crippen molar-refractivity contribution in [2.45, 2.75) is 90.4 Å². The first-order chi connectivity index (χ1) is 10.7. The summed E-state index contributed by atoms with van der Waals surface area (Å²) in [6.07, 6.45) is 16.5. The van der Waals surface area contributed by atoms with Crippen LogP contribution in [0.2, 0.25) is 0 Å². The third kappa shape index (κ3) is 14.4. The van der Waals surface area contributed by atoms with Crippen LogP contribution >= 0.6 is 0 Å². The lowest BCUT2D eigenvalue weighted by molar-refractivity contribution is -0.130. The Bertz CT molecular complexity index is 244. The highest BCUT2D eigenvalue weighted by molar-refractivity contribution is 5.75. The number of nitrogens with zero attached hydrogens (tertiary/aromatic N) is 1. The Balaban J connectivity index is 3.26. The molecule has 0 aliphatic carbocycles. The number of rotatable bonds is 16. The molecule has 0 aromatic heterocycles. The average Bonchev–Trinajstić information content (AvgIpc) is 2.52. The van der Waals surface area contributed by atoms with Crippen LogP contribution in [0.1, 0.15) is 90.4 Å². The van der Waals surface area contributed by atoms with Gasteiger partial charge in [0, 0.05) is 20.0 Å². The van der Waals surface area contributed by atoms with E-state index in [2.05, 4.69) is 12.2 Å². The van der Waals surface area contributed by atoms with Crippen molar-refractivity contribution < 1.29 is 4.79 Å². The van der Waals surface area contributed by atoms with E-state index in [-0.39, 0.29) is 0 Å². The summed E-state index contributed by atoms with van der Waals surface area (Å²) in [6, 6.07) is 0. The number of amides is 1. The molecule has 0 atom stereocenters. The van der Waals surface area contributed by atoms with Gasteiger partial charge in [-0.15, -0.1) is 0 Å². The quantitative estimate of drug-likeness (QED) is 0.417. The summed E-state index contributed by atoms with van der Waals surface area (Å²) in [5.41, 5.74) is 0. The minimum atomic E-state index is 0.312. The fourth-order valence-electron chi connectivity index (χ4n) is 2.75. The third-order valence-electron chi connectivity index (χ3n) is 4.34. The fourth-order valence-corrected chi connectivity index (χ4v) is 2.75. The van der Waals surface area contributed by atoms with Crippen LogP contribution in [-0.4, -0.2) is 38.0 Å². The number of hydrogen-bond acceptors (Lipinski definition) is 2. The van der Waals surface area contributed by atoms with Crippen LogP contribution in [0.5, 0.6) is 0 Å². The lowest BCUT2D eigenvalue weighted by Gasteiger charge is -2.16. The van der Waals surface area contributed by atoms with Crippen LogP contribution in [0.3, 0.4) is 0 Å². The molecule has 0 bridgehead atoms. The summed E-state index contributed by atoms with van der Waals surface area (Å²) < 4.78 is 0. The number of nitrogens with one attached hydrogen (secondary N) is 1. The van der Waals surface area contributed by atoms with E-state index >= 15 is 0 Å². The van der Waals surface area contributed by atoms with Crippen LogP contribution in [0.15, 0.2) is 0 Å². The van der Waals surface area contributed by atoms with E-state index < -0.39 is 0 Å². The third-order valence-corrected chi connectivity index (χ3v) is 4.34. The minimum Gasteiger partial charge on any atom is -0.346 e. The van der Waals surface area contributed by atoms with Gasteiger partial charge in [-0.2, -0.15) is 0 Å². The van der Waals surface area contributed by atoms with E-state index in [1.54, 1.807) is 0 Å². The minimum absolute atomic E-state index is 0.312. The molecule has 0 aliphatic rings. The maximum Gasteiger partial charge on any atom is 0.222 e. The number of carbonyl (C=O) groups is 1. The van der Waals surface area contributed by atoms with Gasteiger partial charge in [-0.1, -0.05) is 71.1 Å². The molecule has 0 radical (unpaired) electrons. The maximum absolute atomic E-state index is 11.9. The smallest absolute Gasteiger partial charge is 0.222 e. The van der Waals surface area contributed by atoms with E-state index in [1.165, 1.54) is 64.2 Å². The Hall–Kier alpha value is -0.570. The molecule has 0 heterocycles. The van der Waals surface area contributed by atoms with Gasteiger partial charge in [0.1, 0.15) is 0 Å². The lowest BCUT2D eigenvalue weighted by Crippen LogP contribution is -2.29. The van der Waals surface area contributed by atoms with Crippen LogP contribution in [-0.2, 0) is 4.79 Å². The zero-order valence-electron chi connectivity index (χ0n) is 15.5. The van der Waals surface area contributed by atoms with Crippen LogP contribution < -0.4 is 5.32 Å². The molecule has 0 saturated heterocycles. The van der Waals surface area contributed by atoms with E-state index in [1.807, 2.05) is 19.0 Å². The molecular weight excluding hydrogens is 272 g/mol. The van der Waals surface area contributed by atoms with Gasteiger partial charge in [0.05, 0.1) is 0 Å². The highest BCUT2D eigenvalue weighted by Gasteiger charge is 2.07. The normalized spacial score (nSPS) is 10.9. The van der Waals surface area contributed by atoms with Gasteiger partial charge in [-0.05, 0) is 26.4 Å². The molecular formula is C19H40N2O. The average molecular weight is 313 g/mol. The Morgan fingerprint density at radius 1 is 0.818 bits per heavy atom. The molecule has 0 saturated carbocycles. The first-order valence-corrected chi connectivity index (χ1v) is 9.61. The second-order valence-corrected chi connectivity index (χ2v) is 6.56. The molecule has 3 heteroatoms. The molecule has 0 rings (SSSR count). The predicted octanol–water partition coefficient (Wildman–Crippen LogP) is 4.76. The van der Waals surface area contributed by atoms with Crippen LogP contribution in [0.25, 0.3) is 0 Å².